The molecule has 0 aromatic heterocycles. The Morgan fingerprint density at radius 3 is 2.41 bits per heavy atom. The Bertz CT molecular complexity index is 1380. The van der Waals surface area contributed by atoms with Crippen molar-refractivity contribution in [3.05, 3.63) is 89.2 Å². The number of imide groups is 1. The van der Waals surface area contributed by atoms with Crippen LogP contribution < -0.4 is 14.4 Å². The molecule has 3 amide bonds. The van der Waals surface area contributed by atoms with Gasteiger partial charge in [-0.05, 0) is 60.5 Å². The molecule has 1 heterocycles. The number of rotatable bonds is 8. The van der Waals surface area contributed by atoms with Gasteiger partial charge in [0.2, 0.25) is 5.91 Å². The molecule has 1 atom stereocenters. The lowest BCUT2D eigenvalue weighted by Gasteiger charge is -2.28. The van der Waals surface area contributed by atoms with Crippen molar-refractivity contribution < 1.29 is 28.2 Å². The molecule has 1 aliphatic heterocycles. The van der Waals surface area contributed by atoms with Crippen LogP contribution in [0.25, 0.3) is 0 Å². The molecule has 3 aromatic carbocycles. The SMILES string of the molecule is COc1ccc(CCN(C(=O)c2ccccc2F)C2CC(=O)N(c3ccc(C#N)cc3)C2=O)cc1OC. The van der Waals surface area contributed by atoms with Crippen LogP contribution in [0.3, 0.4) is 0 Å². The van der Waals surface area contributed by atoms with Crippen LogP contribution in [0.2, 0.25) is 0 Å². The van der Waals surface area contributed by atoms with Crippen LogP contribution in [-0.2, 0) is 16.0 Å². The van der Waals surface area contributed by atoms with E-state index in [2.05, 4.69) is 0 Å². The van der Waals surface area contributed by atoms with Gasteiger partial charge in [-0.3, -0.25) is 14.4 Å². The van der Waals surface area contributed by atoms with Crippen molar-refractivity contribution >= 4 is 23.4 Å². The van der Waals surface area contributed by atoms with Crippen molar-refractivity contribution in [3.8, 4) is 17.6 Å². The zero-order chi connectivity index (χ0) is 26.5. The Labute approximate surface area is 213 Å². The molecule has 1 aliphatic rings. The highest BCUT2D eigenvalue weighted by atomic mass is 19.1. The summed E-state index contributed by atoms with van der Waals surface area (Å²) in [6.45, 7) is 0.0492. The van der Waals surface area contributed by atoms with E-state index < -0.39 is 29.6 Å². The molecule has 0 bridgehead atoms. The molecule has 0 spiro atoms. The molecule has 188 valence electrons. The van der Waals surface area contributed by atoms with Crippen LogP contribution in [0.15, 0.2) is 66.7 Å². The summed E-state index contributed by atoms with van der Waals surface area (Å²) in [5, 5.41) is 9.03. The number of anilines is 1. The minimum absolute atomic E-state index is 0.0492. The van der Waals surface area contributed by atoms with Crippen LogP contribution in [0.4, 0.5) is 10.1 Å². The molecular weight excluding hydrogens is 477 g/mol. The summed E-state index contributed by atoms with van der Waals surface area (Å²) in [6, 6.07) is 17.7. The number of hydrogen-bond acceptors (Lipinski definition) is 6. The zero-order valence-electron chi connectivity index (χ0n) is 20.3. The maximum atomic E-state index is 14.6. The van der Waals surface area contributed by atoms with E-state index in [4.69, 9.17) is 14.7 Å². The van der Waals surface area contributed by atoms with Gasteiger partial charge in [0.25, 0.3) is 11.8 Å². The number of carbonyl (C=O) groups excluding carboxylic acids is 3. The summed E-state index contributed by atoms with van der Waals surface area (Å²) in [4.78, 5) is 42.1. The van der Waals surface area contributed by atoms with Gasteiger partial charge in [0.1, 0.15) is 11.9 Å². The van der Waals surface area contributed by atoms with Gasteiger partial charge in [-0.2, -0.15) is 5.26 Å². The molecule has 0 N–H and O–H groups in total. The van der Waals surface area contributed by atoms with E-state index in [-0.39, 0.29) is 18.5 Å². The van der Waals surface area contributed by atoms with Crippen LogP contribution >= 0.6 is 0 Å². The highest BCUT2D eigenvalue weighted by molar-refractivity contribution is 6.23. The first-order chi connectivity index (χ1) is 17.9. The Morgan fingerprint density at radius 2 is 1.76 bits per heavy atom. The Hall–Kier alpha value is -4.71. The minimum atomic E-state index is -1.12. The van der Waals surface area contributed by atoms with E-state index in [0.717, 1.165) is 10.5 Å². The fourth-order valence-electron chi connectivity index (χ4n) is 4.29. The van der Waals surface area contributed by atoms with Crippen molar-refractivity contribution in [2.45, 2.75) is 18.9 Å². The van der Waals surface area contributed by atoms with E-state index in [1.54, 1.807) is 18.2 Å². The average molecular weight is 502 g/mol. The van der Waals surface area contributed by atoms with Crippen molar-refractivity contribution in [2.75, 3.05) is 25.7 Å². The molecule has 0 aliphatic carbocycles. The molecule has 9 heteroatoms. The predicted octanol–water partition coefficient (Wildman–Crippen LogP) is 3.73. The van der Waals surface area contributed by atoms with E-state index in [9.17, 15) is 18.8 Å². The lowest BCUT2D eigenvalue weighted by atomic mass is 10.1. The monoisotopic (exact) mass is 501 g/mol. The Balaban J connectivity index is 1.65. The zero-order valence-corrected chi connectivity index (χ0v) is 20.3. The second-order valence-electron chi connectivity index (χ2n) is 8.36. The topological polar surface area (TPSA) is 99.9 Å². The summed E-state index contributed by atoms with van der Waals surface area (Å²) in [5.41, 5.74) is 1.29. The van der Waals surface area contributed by atoms with Crippen LogP contribution in [0, 0.1) is 17.1 Å². The Kier molecular flexibility index (Phi) is 7.49. The van der Waals surface area contributed by atoms with Gasteiger partial charge in [0, 0.05) is 6.54 Å². The number of carbonyl (C=O) groups is 3. The van der Waals surface area contributed by atoms with Crippen LogP contribution in [0.5, 0.6) is 11.5 Å². The third-order valence-electron chi connectivity index (χ3n) is 6.21. The fraction of sp³-hybridized carbons (Fsp3) is 0.214. The number of ether oxygens (including phenoxy) is 2. The number of nitriles is 1. The van der Waals surface area contributed by atoms with Gasteiger partial charge in [-0.1, -0.05) is 18.2 Å². The average Bonchev–Trinajstić information content (AvgIpc) is 3.21. The highest BCUT2D eigenvalue weighted by Gasteiger charge is 2.44. The van der Waals surface area contributed by atoms with E-state index in [0.29, 0.717) is 29.2 Å². The first kappa shape index (κ1) is 25.4. The van der Waals surface area contributed by atoms with E-state index in [1.165, 1.54) is 67.7 Å². The summed E-state index contributed by atoms with van der Waals surface area (Å²) in [5.74, 6) is -1.44. The fourth-order valence-corrected chi connectivity index (χ4v) is 4.29. The summed E-state index contributed by atoms with van der Waals surface area (Å²) < 4.78 is 25.2. The standard InChI is InChI=1S/C28H24FN3O5/c1-36-24-12-9-18(15-25(24)37-2)13-14-31(27(34)21-5-3-4-6-22(21)29)23-16-26(33)32(28(23)35)20-10-7-19(17-30)8-11-20/h3-12,15,23H,13-14,16H2,1-2H3. The molecule has 8 nitrogen and oxygen atoms in total. The molecule has 0 radical (unpaired) electrons. The molecule has 4 rings (SSSR count). The molecule has 1 fully saturated rings. The second kappa shape index (κ2) is 10.9. The third-order valence-corrected chi connectivity index (χ3v) is 6.21. The summed E-state index contributed by atoms with van der Waals surface area (Å²) in [7, 11) is 3.03. The highest BCUT2D eigenvalue weighted by Crippen LogP contribution is 2.30. The van der Waals surface area contributed by atoms with Crippen molar-refractivity contribution in [1.29, 1.82) is 5.26 Å². The normalized spacial score (nSPS) is 14.9. The van der Waals surface area contributed by atoms with Gasteiger partial charge in [-0.25, -0.2) is 9.29 Å². The van der Waals surface area contributed by atoms with Crippen molar-refractivity contribution in [1.82, 2.24) is 4.90 Å². The van der Waals surface area contributed by atoms with Crippen molar-refractivity contribution in [2.24, 2.45) is 0 Å². The van der Waals surface area contributed by atoms with Crippen LogP contribution in [0.1, 0.15) is 27.9 Å². The molecule has 1 saturated heterocycles. The smallest absolute Gasteiger partial charge is 0.257 e. The molecular formula is C28H24FN3O5. The second-order valence-corrected chi connectivity index (χ2v) is 8.36. The lowest BCUT2D eigenvalue weighted by molar-refractivity contribution is -0.122. The van der Waals surface area contributed by atoms with Crippen LogP contribution in [-0.4, -0.2) is 49.4 Å². The predicted molar refractivity (Wildman–Crippen MR) is 133 cm³/mol. The van der Waals surface area contributed by atoms with Gasteiger partial charge in [-0.15, -0.1) is 0 Å². The number of nitrogens with zero attached hydrogens (tertiary/aromatic N) is 3. The molecule has 0 saturated carbocycles. The van der Waals surface area contributed by atoms with Gasteiger partial charge in [0.05, 0.1) is 43.5 Å². The number of halogens is 1. The third kappa shape index (κ3) is 5.14. The minimum Gasteiger partial charge on any atom is -0.493 e. The van der Waals surface area contributed by atoms with E-state index >= 15 is 0 Å². The quantitative estimate of drug-likeness (QED) is 0.436. The van der Waals surface area contributed by atoms with Gasteiger partial charge < -0.3 is 14.4 Å². The Morgan fingerprint density at radius 1 is 1.05 bits per heavy atom. The van der Waals surface area contributed by atoms with Crippen molar-refractivity contribution in [3.63, 3.8) is 0 Å². The largest absolute Gasteiger partial charge is 0.493 e. The maximum Gasteiger partial charge on any atom is 0.257 e. The lowest BCUT2D eigenvalue weighted by Crippen LogP contribution is -2.46. The molecule has 3 aromatic rings. The number of hydrogen-bond donors (Lipinski definition) is 0. The summed E-state index contributed by atoms with van der Waals surface area (Å²) >= 11 is 0. The first-order valence-corrected chi connectivity index (χ1v) is 11.5. The van der Waals surface area contributed by atoms with Gasteiger partial charge >= 0.3 is 0 Å². The van der Waals surface area contributed by atoms with E-state index in [1.807, 2.05) is 6.07 Å². The molecule has 37 heavy (non-hydrogen) atoms. The molecule has 1 unspecified atom stereocenters. The number of benzene rings is 3. The first-order valence-electron chi connectivity index (χ1n) is 11.5. The number of methoxy groups -OCH3 is 2. The number of amides is 3. The summed E-state index contributed by atoms with van der Waals surface area (Å²) in [6.07, 6.45) is 0.0698. The maximum absolute atomic E-state index is 14.6. The van der Waals surface area contributed by atoms with Gasteiger partial charge in [0.15, 0.2) is 11.5 Å².